The largest absolute Gasteiger partial charge is 0.497 e. The highest BCUT2D eigenvalue weighted by Gasteiger charge is 2.06. The summed E-state index contributed by atoms with van der Waals surface area (Å²) in [6, 6.07) is 17.1. The van der Waals surface area contributed by atoms with Crippen LogP contribution in [0.15, 0.2) is 65.8 Å². The van der Waals surface area contributed by atoms with Crippen molar-refractivity contribution in [1.82, 2.24) is 5.43 Å². The lowest BCUT2D eigenvalue weighted by Gasteiger charge is -2.06. The van der Waals surface area contributed by atoms with Crippen LogP contribution < -0.4 is 10.2 Å². The lowest BCUT2D eigenvalue weighted by molar-refractivity contribution is 0.0955. The van der Waals surface area contributed by atoms with Crippen LogP contribution in [0.2, 0.25) is 0 Å². The van der Waals surface area contributed by atoms with E-state index in [2.05, 4.69) is 10.5 Å². The number of halogens is 1. The molecule has 0 saturated heterocycles. The van der Waals surface area contributed by atoms with Crippen LogP contribution in [0, 0.1) is 5.82 Å². The predicted octanol–water partition coefficient (Wildman–Crippen LogP) is 4.14. The van der Waals surface area contributed by atoms with E-state index in [4.69, 9.17) is 4.74 Å². The molecule has 5 heteroatoms. The molecule has 0 saturated carbocycles. The van der Waals surface area contributed by atoms with E-state index in [-0.39, 0.29) is 11.7 Å². The number of benzene rings is 3. The summed E-state index contributed by atoms with van der Waals surface area (Å²) in [5.41, 5.74) is 4.41. The fourth-order valence-electron chi connectivity index (χ4n) is 2.44. The second-order valence-corrected chi connectivity index (χ2v) is 5.57. The minimum atomic E-state index is -0.385. The van der Waals surface area contributed by atoms with E-state index in [1.807, 2.05) is 43.3 Å². The van der Waals surface area contributed by atoms with E-state index in [1.54, 1.807) is 7.11 Å². The molecule has 0 atom stereocenters. The van der Waals surface area contributed by atoms with Gasteiger partial charge in [-0.25, -0.2) is 9.82 Å². The van der Waals surface area contributed by atoms with Crippen molar-refractivity contribution in [2.75, 3.05) is 7.11 Å². The molecule has 0 spiro atoms. The number of rotatable bonds is 4. The molecule has 0 aliphatic carbocycles. The minimum absolute atomic E-state index is 0.351. The summed E-state index contributed by atoms with van der Waals surface area (Å²) in [4.78, 5) is 12.0. The number of nitrogens with one attached hydrogen (secondary N) is 1. The number of amides is 1. The van der Waals surface area contributed by atoms with Crippen LogP contribution >= 0.6 is 0 Å². The summed E-state index contributed by atoms with van der Waals surface area (Å²) < 4.78 is 18.1. The predicted molar refractivity (Wildman–Crippen MR) is 96.6 cm³/mol. The Bertz CT molecular complexity index is 950. The van der Waals surface area contributed by atoms with Gasteiger partial charge in [-0.1, -0.05) is 18.2 Å². The molecule has 1 amide bonds. The van der Waals surface area contributed by atoms with Crippen molar-refractivity contribution >= 4 is 22.4 Å². The Balaban J connectivity index is 1.78. The third-order valence-corrected chi connectivity index (χ3v) is 3.90. The number of carbonyl (C=O) groups excluding carboxylic acids is 1. The molecule has 3 aromatic rings. The molecular weight excluding hydrogens is 319 g/mol. The number of hydrogen-bond acceptors (Lipinski definition) is 3. The summed E-state index contributed by atoms with van der Waals surface area (Å²) in [7, 11) is 1.64. The van der Waals surface area contributed by atoms with Crippen LogP contribution in [-0.4, -0.2) is 18.7 Å². The van der Waals surface area contributed by atoms with Crippen LogP contribution in [0.25, 0.3) is 10.8 Å². The Morgan fingerprint density at radius 2 is 1.60 bits per heavy atom. The Labute approximate surface area is 144 Å². The zero-order valence-corrected chi connectivity index (χ0v) is 13.9. The van der Waals surface area contributed by atoms with Crippen molar-refractivity contribution < 1.29 is 13.9 Å². The fourth-order valence-corrected chi connectivity index (χ4v) is 2.44. The van der Waals surface area contributed by atoms with Gasteiger partial charge in [-0.2, -0.15) is 5.10 Å². The molecule has 0 aliphatic heterocycles. The molecule has 0 bridgehead atoms. The Morgan fingerprint density at radius 1 is 0.960 bits per heavy atom. The van der Waals surface area contributed by atoms with Crippen molar-refractivity contribution in [2.45, 2.75) is 6.92 Å². The Morgan fingerprint density at radius 3 is 2.32 bits per heavy atom. The van der Waals surface area contributed by atoms with Crippen molar-refractivity contribution in [3.05, 3.63) is 77.6 Å². The molecule has 0 radical (unpaired) electrons. The van der Waals surface area contributed by atoms with Gasteiger partial charge >= 0.3 is 0 Å². The van der Waals surface area contributed by atoms with Gasteiger partial charge in [-0.05, 0) is 65.7 Å². The van der Waals surface area contributed by atoms with Gasteiger partial charge < -0.3 is 4.74 Å². The molecule has 25 heavy (non-hydrogen) atoms. The average Bonchev–Trinajstić information content (AvgIpc) is 2.65. The van der Waals surface area contributed by atoms with Crippen molar-refractivity contribution in [2.24, 2.45) is 5.10 Å². The third kappa shape index (κ3) is 3.83. The summed E-state index contributed by atoms with van der Waals surface area (Å²) in [6.45, 7) is 1.82. The smallest absolute Gasteiger partial charge is 0.271 e. The molecule has 4 nitrogen and oxygen atoms in total. The van der Waals surface area contributed by atoms with Gasteiger partial charge in [0.1, 0.15) is 11.6 Å². The van der Waals surface area contributed by atoms with Gasteiger partial charge in [-0.15, -0.1) is 0 Å². The summed E-state index contributed by atoms with van der Waals surface area (Å²) in [5.74, 6) is 0.0334. The van der Waals surface area contributed by atoms with E-state index in [9.17, 15) is 9.18 Å². The standard InChI is InChI=1S/C20H17FN2O2/c1-13(22-23-20(24)14-5-8-18(21)9-6-14)15-3-4-17-12-19(25-2)10-7-16(17)11-15/h3-12H,1-2H3,(H,23,24)/b22-13+. The molecule has 3 rings (SSSR count). The fraction of sp³-hybridized carbons (Fsp3) is 0.100. The first-order valence-electron chi connectivity index (χ1n) is 7.75. The zero-order valence-electron chi connectivity index (χ0n) is 13.9. The highest BCUT2D eigenvalue weighted by atomic mass is 19.1. The van der Waals surface area contributed by atoms with Crippen LogP contribution in [-0.2, 0) is 0 Å². The summed E-state index contributed by atoms with van der Waals surface area (Å²) >= 11 is 0. The molecule has 3 aromatic carbocycles. The zero-order chi connectivity index (χ0) is 17.8. The minimum Gasteiger partial charge on any atom is -0.497 e. The van der Waals surface area contributed by atoms with E-state index >= 15 is 0 Å². The van der Waals surface area contributed by atoms with Gasteiger partial charge in [0.25, 0.3) is 5.91 Å². The van der Waals surface area contributed by atoms with Gasteiger partial charge in [0.15, 0.2) is 0 Å². The highest BCUT2D eigenvalue weighted by Crippen LogP contribution is 2.22. The van der Waals surface area contributed by atoms with E-state index in [1.165, 1.54) is 24.3 Å². The quantitative estimate of drug-likeness (QED) is 0.575. The molecule has 0 unspecified atom stereocenters. The Hall–Kier alpha value is -3.21. The first-order valence-corrected chi connectivity index (χ1v) is 7.75. The average molecular weight is 336 g/mol. The maximum Gasteiger partial charge on any atom is 0.271 e. The van der Waals surface area contributed by atoms with Gasteiger partial charge in [0.05, 0.1) is 12.8 Å². The third-order valence-electron chi connectivity index (χ3n) is 3.90. The molecule has 0 heterocycles. The molecular formula is C20H17FN2O2. The monoisotopic (exact) mass is 336 g/mol. The van der Waals surface area contributed by atoms with Crippen LogP contribution in [0.4, 0.5) is 4.39 Å². The summed E-state index contributed by atoms with van der Waals surface area (Å²) in [6.07, 6.45) is 0. The lowest BCUT2D eigenvalue weighted by Crippen LogP contribution is -2.19. The molecule has 0 fully saturated rings. The number of ether oxygens (including phenoxy) is 1. The molecule has 1 N–H and O–H groups in total. The summed E-state index contributed by atoms with van der Waals surface area (Å²) in [5, 5.41) is 6.25. The van der Waals surface area contributed by atoms with Crippen LogP contribution in [0.5, 0.6) is 5.75 Å². The van der Waals surface area contributed by atoms with E-state index < -0.39 is 0 Å². The molecule has 0 aliphatic rings. The van der Waals surface area contributed by atoms with Crippen LogP contribution in [0.1, 0.15) is 22.8 Å². The Kier molecular flexibility index (Phi) is 4.75. The molecule has 0 aromatic heterocycles. The topological polar surface area (TPSA) is 50.7 Å². The van der Waals surface area contributed by atoms with Crippen molar-refractivity contribution in [3.8, 4) is 5.75 Å². The number of nitrogens with zero attached hydrogens (tertiary/aromatic N) is 1. The van der Waals surface area contributed by atoms with Gasteiger partial charge in [-0.3, -0.25) is 4.79 Å². The first-order chi connectivity index (χ1) is 12.1. The van der Waals surface area contributed by atoms with Crippen molar-refractivity contribution in [1.29, 1.82) is 0 Å². The number of carbonyl (C=O) groups is 1. The maximum absolute atomic E-state index is 12.9. The van der Waals surface area contributed by atoms with E-state index in [0.717, 1.165) is 22.1 Å². The van der Waals surface area contributed by atoms with E-state index in [0.29, 0.717) is 11.3 Å². The lowest BCUT2D eigenvalue weighted by atomic mass is 10.0. The van der Waals surface area contributed by atoms with Gasteiger partial charge in [0.2, 0.25) is 0 Å². The number of hydrogen-bond donors (Lipinski definition) is 1. The first kappa shape index (κ1) is 16.6. The van der Waals surface area contributed by atoms with Crippen molar-refractivity contribution in [3.63, 3.8) is 0 Å². The SMILES string of the molecule is COc1ccc2cc(/C(C)=N/NC(=O)c3ccc(F)cc3)ccc2c1. The highest BCUT2D eigenvalue weighted by molar-refractivity contribution is 6.03. The number of methoxy groups -OCH3 is 1. The molecule has 126 valence electrons. The number of fused-ring (bicyclic) bond motifs is 1. The second kappa shape index (κ2) is 7.13. The second-order valence-electron chi connectivity index (χ2n) is 5.57. The maximum atomic E-state index is 12.9. The normalized spacial score (nSPS) is 11.4. The van der Waals surface area contributed by atoms with Gasteiger partial charge in [0, 0.05) is 5.56 Å². The van der Waals surface area contributed by atoms with Crippen LogP contribution in [0.3, 0.4) is 0 Å². The number of hydrazone groups is 1.